The van der Waals surface area contributed by atoms with Crippen LogP contribution in [-0.2, 0) is 24.9 Å². The third-order valence-corrected chi connectivity index (χ3v) is 15.2. The van der Waals surface area contributed by atoms with Crippen molar-refractivity contribution < 1.29 is 30.0 Å². The van der Waals surface area contributed by atoms with Crippen LogP contribution in [0, 0.1) is 31.2 Å². The molecule has 2 aromatic carbocycles. The van der Waals surface area contributed by atoms with Gasteiger partial charge in [0.2, 0.25) is 0 Å². The molecule has 0 aliphatic carbocycles. The molecular formula is C37H54IrNO2Si-. The first-order valence-corrected chi connectivity index (χ1v) is 18.4. The summed E-state index contributed by atoms with van der Waals surface area (Å²) < 4.78 is 0. The molecule has 1 N–H and O–H groups in total. The SMILES string of the molecule is CCC(CC)/C(O)=C/C(=O)C(C)(CC)CC.CC[Si](CC)(CC)c1ccc2c(-c3[c-]c(C)cc(C)c3)nccc2c1.[Ir]. The zero-order chi connectivity index (χ0) is 30.8. The normalized spacial score (nSPS) is 12.1. The molecule has 233 valence electrons. The number of hydrogen-bond donors (Lipinski definition) is 1. The number of benzene rings is 2. The maximum atomic E-state index is 12.0. The van der Waals surface area contributed by atoms with Crippen molar-refractivity contribution in [2.24, 2.45) is 11.3 Å². The van der Waals surface area contributed by atoms with Crippen molar-refractivity contribution >= 4 is 29.8 Å². The van der Waals surface area contributed by atoms with Crippen LogP contribution in [-0.4, -0.2) is 23.9 Å². The molecule has 1 radical (unpaired) electrons. The van der Waals surface area contributed by atoms with E-state index in [4.69, 9.17) is 4.98 Å². The smallest absolute Gasteiger partial charge is 0.164 e. The Morgan fingerprint density at radius 2 is 1.55 bits per heavy atom. The fraction of sp³-hybridized carbons (Fsp3) is 0.514. The first-order valence-electron chi connectivity index (χ1n) is 15.8. The summed E-state index contributed by atoms with van der Waals surface area (Å²) >= 11 is 0. The van der Waals surface area contributed by atoms with E-state index in [1.54, 1.807) is 5.19 Å². The number of hydrogen-bond acceptors (Lipinski definition) is 3. The molecule has 0 amide bonds. The predicted molar refractivity (Wildman–Crippen MR) is 181 cm³/mol. The number of aliphatic hydroxyl groups is 1. The molecule has 0 aliphatic rings. The number of aliphatic hydroxyl groups excluding tert-OH is 1. The van der Waals surface area contributed by atoms with Crippen LogP contribution < -0.4 is 5.19 Å². The van der Waals surface area contributed by atoms with Crippen LogP contribution in [0.2, 0.25) is 18.1 Å². The minimum Gasteiger partial charge on any atom is -0.512 e. The zero-order valence-corrected chi connectivity index (χ0v) is 31.2. The van der Waals surface area contributed by atoms with Crippen molar-refractivity contribution in [3.63, 3.8) is 0 Å². The summed E-state index contributed by atoms with van der Waals surface area (Å²) in [7, 11) is -1.35. The van der Waals surface area contributed by atoms with Crippen molar-refractivity contribution in [3.05, 3.63) is 71.6 Å². The Morgan fingerprint density at radius 3 is 2.05 bits per heavy atom. The van der Waals surface area contributed by atoms with Crippen LogP contribution in [0.25, 0.3) is 22.0 Å². The molecule has 3 nitrogen and oxygen atoms in total. The number of rotatable bonds is 12. The summed E-state index contributed by atoms with van der Waals surface area (Å²) in [6, 6.07) is 21.0. The van der Waals surface area contributed by atoms with Gasteiger partial charge in [0.05, 0.1) is 13.8 Å². The van der Waals surface area contributed by atoms with Crippen molar-refractivity contribution in [1.82, 2.24) is 4.98 Å². The van der Waals surface area contributed by atoms with Crippen LogP contribution in [0.3, 0.4) is 0 Å². The second-order valence-corrected chi connectivity index (χ2v) is 17.2. The maximum absolute atomic E-state index is 12.0. The van der Waals surface area contributed by atoms with Crippen molar-refractivity contribution in [2.75, 3.05) is 0 Å². The van der Waals surface area contributed by atoms with Gasteiger partial charge in [-0.2, -0.15) is 0 Å². The number of aromatic nitrogens is 1. The molecule has 0 saturated heterocycles. The Kier molecular flexibility index (Phi) is 15.6. The van der Waals surface area contributed by atoms with Gasteiger partial charge in [0.1, 0.15) is 0 Å². The van der Waals surface area contributed by atoms with E-state index in [1.807, 2.05) is 40.8 Å². The Balaban J connectivity index is 0.000000455. The number of nitrogens with zero attached hydrogens (tertiary/aromatic N) is 1. The van der Waals surface area contributed by atoms with Gasteiger partial charge in [-0.1, -0.05) is 111 Å². The largest absolute Gasteiger partial charge is 0.512 e. The van der Waals surface area contributed by atoms with E-state index in [9.17, 15) is 9.90 Å². The van der Waals surface area contributed by atoms with Gasteiger partial charge in [0.25, 0.3) is 0 Å². The van der Waals surface area contributed by atoms with E-state index in [0.717, 1.165) is 36.9 Å². The monoisotopic (exact) mass is 765 g/mol. The Hall–Kier alpha value is -2.07. The molecule has 1 aromatic heterocycles. The molecule has 0 unspecified atom stereocenters. The summed E-state index contributed by atoms with van der Waals surface area (Å²) in [5.41, 5.74) is 4.25. The molecule has 0 saturated carbocycles. The van der Waals surface area contributed by atoms with Gasteiger partial charge in [-0.3, -0.25) is 4.79 Å². The third kappa shape index (κ3) is 8.97. The average molecular weight is 765 g/mol. The zero-order valence-electron chi connectivity index (χ0n) is 27.8. The number of pyridine rings is 1. The number of carbonyl (C=O) groups excluding carboxylic acids is 1. The summed E-state index contributed by atoms with van der Waals surface area (Å²) in [6.45, 7) is 21.4. The summed E-state index contributed by atoms with van der Waals surface area (Å²) in [4.78, 5) is 16.7. The Labute approximate surface area is 271 Å². The molecule has 0 spiro atoms. The molecular weight excluding hydrogens is 711 g/mol. The standard InChI is InChI=1S/C23H28NSi.C14H26O2.Ir/c1-6-25(7-2,8-3)21-9-10-22-19(16-21)11-12-24-23(22)20-14-17(4)13-18(5)15-20;1-6-11(7-2)12(15)10-13(16)14(5,8-3)9-4;/h9-14,16H,6-8H2,1-5H3;10-11,15H,6-9H2,1-5H3;/q-1;;/b;12-10-;. The number of ketones is 1. The van der Waals surface area contributed by atoms with Gasteiger partial charge in [-0.25, -0.2) is 0 Å². The topological polar surface area (TPSA) is 50.2 Å². The first kappa shape index (κ1) is 38.0. The molecule has 3 rings (SSSR count). The number of fused-ring (bicyclic) bond motifs is 1. The number of aryl methyl sites for hydroxylation is 2. The van der Waals surface area contributed by atoms with Gasteiger partial charge >= 0.3 is 0 Å². The molecule has 42 heavy (non-hydrogen) atoms. The van der Waals surface area contributed by atoms with Gasteiger partial charge in [-0.05, 0) is 48.2 Å². The van der Waals surface area contributed by atoms with E-state index >= 15 is 0 Å². The molecule has 0 aliphatic heterocycles. The molecule has 3 aromatic rings. The van der Waals surface area contributed by atoms with E-state index in [2.05, 4.69) is 77.1 Å². The molecule has 1 heterocycles. The van der Waals surface area contributed by atoms with E-state index in [1.165, 1.54) is 46.1 Å². The second kappa shape index (κ2) is 17.3. The molecule has 0 atom stereocenters. The Bertz CT molecular complexity index is 1290. The van der Waals surface area contributed by atoms with E-state index < -0.39 is 8.07 Å². The summed E-state index contributed by atoms with van der Waals surface area (Å²) in [6.07, 6.45) is 6.77. The van der Waals surface area contributed by atoms with Crippen LogP contribution >= 0.6 is 0 Å². The fourth-order valence-corrected chi connectivity index (χ4v) is 9.46. The summed E-state index contributed by atoms with van der Waals surface area (Å²) in [5.74, 6) is 0.437. The van der Waals surface area contributed by atoms with Crippen molar-refractivity contribution in [2.45, 2.75) is 113 Å². The minimum absolute atomic E-state index is 0. The Morgan fingerprint density at radius 1 is 0.952 bits per heavy atom. The van der Waals surface area contributed by atoms with Crippen LogP contribution in [0.15, 0.2) is 54.4 Å². The van der Waals surface area contributed by atoms with Crippen LogP contribution in [0.5, 0.6) is 0 Å². The van der Waals surface area contributed by atoms with E-state index in [0.29, 0.717) is 0 Å². The molecule has 0 fully saturated rings. The number of allylic oxidation sites excluding steroid dienone is 2. The second-order valence-electron chi connectivity index (χ2n) is 11.9. The number of carbonyl (C=O) groups is 1. The van der Waals surface area contributed by atoms with Crippen molar-refractivity contribution in [1.29, 1.82) is 0 Å². The molecule has 5 heteroatoms. The van der Waals surface area contributed by atoms with Crippen LogP contribution in [0.4, 0.5) is 0 Å². The minimum atomic E-state index is -1.35. The van der Waals surface area contributed by atoms with Gasteiger partial charge in [-0.15, -0.1) is 34.9 Å². The van der Waals surface area contributed by atoms with Crippen molar-refractivity contribution in [3.8, 4) is 11.3 Å². The van der Waals surface area contributed by atoms with E-state index in [-0.39, 0.29) is 43.0 Å². The van der Waals surface area contributed by atoms with Gasteiger partial charge in [0.15, 0.2) is 5.78 Å². The summed E-state index contributed by atoms with van der Waals surface area (Å²) in [5, 5.41) is 14.0. The predicted octanol–water partition coefficient (Wildman–Crippen LogP) is 10.3. The average Bonchev–Trinajstić information content (AvgIpc) is 2.98. The third-order valence-electron chi connectivity index (χ3n) is 9.65. The quantitative estimate of drug-likeness (QED) is 0.0865. The van der Waals surface area contributed by atoms with Gasteiger partial charge < -0.3 is 10.1 Å². The fourth-order valence-electron chi connectivity index (χ4n) is 5.84. The maximum Gasteiger partial charge on any atom is 0.164 e. The van der Waals surface area contributed by atoms with Crippen LogP contribution in [0.1, 0.15) is 92.2 Å². The first-order chi connectivity index (χ1) is 19.5. The van der Waals surface area contributed by atoms with Gasteiger partial charge in [0, 0.05) is 43.7 Å². The molecule has 0 bridgehead atoms.